The van der Waals surface area contributed by atoms with Crippen molar-refractivity contribution < 1.29 is 0 Å². The van der Waals surface area contributed by atoms with Gasteiger partial charge in [0.2, 0.25) is 0 Å². The highest BCUT2D eigenvalue weighted by molar-refractivity contribution is 5.94. The molecule has 0 amide bonds. The third kappa shape index (κ3) is 2.96. The maximum Gasteiger partial charge on any atom is 0.260 e. The van der Waals surface area contributed by atoms with Crippen LogP contribution >= 0.6 is 0 Å². The summed E-state index contributed by atoms with van der Waals surface area (Å²) >= 11 is 0. The molecule has 1 saturated heterocycles. The number of nitrogens with one attached hydrogen (secondary N) is 2. The number of amidine groups is 1. The zero-order valence-electron chi connectivity index (χ0n) is 11.4. The zero-order chi connectivity index (χ0) is 14.0. The Hall–Kier alpha value is -1.82. The number of nitrogens with two attached hydrogens (primary N) is 1. The molecule has 6 nitrogen and oxygen atoms in total. The summed E-state index contributed by atoms with van der Waals surface area (Å²) in [6.07, 6.45) is 0. The molecule has 0 radical (unpaired) electrons. The number of hydrogen-bond donors (Lipinski definition) is 3. The number of anilines is 1. The van der Waals surface area contributed by atoms with Crippen molar-refractivity contribution in [2.24, 2.45) is 5.73 Å². The van der Waals surface area contributed by atoms with Gasteiger partial charge >= 0.3 is 0 Å². The van der Waals surface area contributed by atoms with E-state index in [1.54, 1.807) is 6.07 Å². The van der Waals surface area contributed by atoms with Gasteiger partial charge < -0.3 is 15.6 Å². The third-order valence-corrected chi connectivity index (χ3v) is 3.57. The second kappa shape index (κ2) is 5.44. The Morgan fingerprint density at radius 3 is 2.42 bits per heavy atom. The van der Waals surface area contributed by atoms with E-state index < -0.39 is 0 Å². The summed E-state index contributed by atoms with van der Waals surface area (Å²) in [5.41, 5.74) is 5.27. The van der Waals surface area contributed by atoms with Crippen LogP contribution in [0.15, 0.2) is 16.9 Å². The highest BCUT2D eigenvalue weighted by atomic mass is 16.1. The molecular weight excluding hydrogens is 242 g/mol. The summed E-state index contributed by atoms with van der Waals surface area (Å²) in [6, 6.07) is 4.00. The lowest BCUT2D eigenvalue weighted by atomic mass is 10.2. The van der Waals surface area contributed by atoms with Crippen molar-refractivity contribution in [2.75, 3.05) is 31.1 Å². The van der Waals surface area contributed by atoms with Crippen molar-refractivity contribution in [1.29, 1.82) is 5.41 Å². The number of hydrogen-bond acceptors (Lipinski definition) is 4. The van der Waals surface area contributed by atoms with Gasteiger partial charge in [0, 0.05) is 32.2 Å². The second-order valence-electron chi connectivity index (χ2n) is 5.12. The Balaban J connectivity index is 2.10. The summed E-state index contributed by atoms with van der Waals surface area (Å²) in [4.78, 5) is 19.2. The first kappa shape index (κ1) is 13.6. The topological polar surface area (TPSA) is 89.2 Å². The smallest absolute Gasteiger partial charge is 0.260 e. The Morgan fingerprint density at radius 2 is 1.95 bits per heavy atom. The van der Waals surface area contributed by atoms with E-state index in [-0.39, 0.29) is 17.0 Å². The number of nitrogens with zero attached hydrogens (tertiary/aromatic N) is 2. The van der Waals surface area contributed by atoms with Crippen molar-refractivity contribution >= 4 is 11.7 Å². The lowest BCUT2D eigenvalue weighted by molar-refractivity contribution is 0.209. The molecular formula is C13H21N5O. The van der Waals surface area contributed by atoms with Gasteiger partial charge in [0.1, 0.15) is 11.7 Å². The molecule has 1 aliphatic rings. The summed E-state index contributed by atoms with van der Waals surface area (Å²) in [7, 11) is 0. The van der Waals surface area contributed by atoms with E-state index in [9.17, 15) is 4.79 Å². The van der Waals surface area contributed by atoms with Crippen LogP contribution in [0.2, 0.25) is 0 Å². The molecule has 0 bridgehead atoms. The minimum Gasteiger partial charge on any atom is -0.384 e. The van der Waals surface area contributed by atoms with Crippen LogP contribution < -0.4 is 16.2 Å². The SMILES string of the molecule is CC(C)N1CCN(c2ccc(C(=N)N)c(=O)[nH]2)CC1. The van der Waals surface area contributed by atoms with Gasteiger partial charge in [-0.3, -0.25) is 15.1 Å². The van der Waals surface area contributed by atoms with Gasteiger partial charge in [-0.1, -0.05) is 0 Å². The van der Waals surface area contributed by atoms with E-state index in [4.69, 9.17) is 11.1 Å². The van der Waals surface area contributed by atoms with Crippen molar-refractivity contribution in [3.63, 3.8) is 0 Å². The molecule has 6 heteroatoms. The van der Waals surface area contributed by atoms with E-state index >= 15 is 0 Å². The fourth-order valence-electron chi connectivity index (χ4n) is 2.34. The average Bonchev–Trinajstić information content (AvgIpc) is 2.38. The molecule has 0 aromatic carbocycles. The third-order valence-electron chi connectivity index (χ3n) is 3.57. The van der Waals surface area contributed by atoms with E-state index in [1.807, 2.05) is 6.07 Å². The van der Waals surface area contributed by atoms with Gasteiger partial charge in [0.25, 0.3) is 5.56 Å². The number of H-pyrrole nitrogens is 1. The molecule has 1 fully saturated rings. The Morgan fingerprint density at radius 1 is 1.32 bits per heavy atom. The molecule has 2 heterocycles. The van der Waals surface area contributed by atoms with Crippen molar-refractivity contribution in [3.05, 3.63) is 28.0 Å². The van der Waals surface area contributed by atoms with Crippen molar-refractivity contribution in [3.8, 4) is 0 Å². The lowest BCUT2D eigenvalue weighted by Crippen LogP contribution is -2.49. The van der Waals surface area contributed by atoms with Crippen LogP contribution in [0.5, 0.6) is 0 Å². The molecule has 0 spiro atoms. The van der Waals surface area contributed by atoms with Crippen LogP contribution in [0, 0.1) is 5.41 Å². The fraction of sp³-hybridized carbons (Fsp3) is 0.538. The largest absolute Gasteiger partial charge is 0.384 e. The van der Waals surface area contributed by atoms with Gasteiger partial charge in [0.15, 0.2) is 0 Å². The second-order valence-corrected chi connectivity index (χ2v) is 5.12. The van der Waals surface area contributed by atoms with Crippen LogP contribution in [-0.4, -0.2) is 47.9 Å². The van der Waals surface area contributed by atoms with E-state index in [0.717, 1.165) is 32.0 Å². The van der Waals surface area contributed by atoms with Crippen LogP contribution in [0.4, 0.5) is 5.82 Å². The van der Waals surface area contributed by atoms with Crippen LogP contribution in [0.25, 0.3) is 0 Å². The molecule has 1 aliphatic heterocycles. The van der Waals surface area contributed by atoms with Gasteiger partial charge in [-0.05, 0) is 26.0 Å². The van der Waals surface area contributed by atoms with E-state index in [2.05, 4.69) is 28.6 Å². The zero-order valence-corrected chi connectivity index (χ0v) is 11.4. The molecule has 19 heavy (non-hydrogen) atoms. The number of nitrogen functional groups attached to an aromatic ring is 1. The molecule has 1 aromatic heterocycles. The molecule has 4 N–H and O–H groups in total. The average molecular weight is 263 g/mol. The molecule has 2 rings (SSSR count). The number of pyridine rings is 1. The molecule has 0 atom stereocenters. The monoisotopic (exact) mass is 263 g/mol. The first-order valence-corrected chi connectivity index (χ1v) is 6.55. The van der Waals surface area contributed by atoms with Gasteiger partial charge in [-0.25, -0.2) is 0 Å². The minimum absolute atomic E-state index is 0.197. The van der Waals surface area contributed by atoms with Gasteiger partial charge in [0.05, 0.1) is 5.56 Å². The van der Waals surface area contributed by atoms with E-state index in [1.165, 1.54) is 0 Å². The first-order chi connectivity index (χ1) is 8.99. The fourth-order valence-corrected chi connectivity index (χ4v) is 2.34. The highest BCUT2D eigenvalue weighted by Gasteiger charge is 2.19. The molecule has 1 aromatic rings. The lowest BCUT2D eigenvalue weighted by Gasteiger charge is -2.37. The standard InChI is InChI=1S/C13H21N5O/c1-9(2)17-5-7-18(8-6-17)11-4-3-10(12(14)15)13(19)16-11/h3-4,9H,5-8H2,1-2H3,(H3,14,15)(H,16,19). The van der Waals surface area contributed by atoms with Crippen LogP contribution in [-0.2, 0) is 0 Å². The predicted molar refractivity (Wildman–Crippen MR) is 77.0 cm³/mol. The normalized spacial score (nSPS) is 16.9. The van der Waals surface area contributed by atoms with Gasteiger partial charge in [-0.2, -0.15) is 0 Å². The Bertz CT molecular complexity index is 514. The van der Waals surface area contributed by atoms with Crippen molar-refractivity contribution in [1.82, 2.24) is 9.88 Å². The Kier molecular flexibility index (Phi) is 3.90. The molecule has 0 unspecified atom stereocenters. The summed E-state index contributed by atoms with van der Waals surface area (Å²) < 4.78 is 0. The maximum absolute atomic E-state index is 11.8. The van der Waals surface area contributed by atoms with Crippen LogP contribution in [0.1, 0.15) is 19.4 Å². The Labute approximate surface area is 112 Å². The van der Waals surface area contributed by atoms with Crippen LogP contribution in [0.3, 0.4) is 0 Å². The number of rotatable bonds is 3. The summed E-state index contributed by atoms with van der Waals surface area (Å²) in [5.74, 6) is 0.607. The first-order valence-electron chi connectivity index (χ1n) is 6.55. The number of piperazine rings is 1. The quantitative estimate of drug-likeness (QED) is 0.536. The highest BCUT2D eigenvalue weighted by Crippen LogP contribution is 2.13. The number of aromatic amines is 1. The number of aromatic nitrogens is 1. The molecule has 0 aliphatic carbocycles. The van der Waals surface area contributed by atoms with E-state index in [0.29, 0.717) is 6.04 Å². The minimum atomic E-state index is -0.295. The summed E-state index contributed by atoms with van der Waals surface area (Å²) in [6.45, 7) is 8.17. The van der Waals surface area contributed by atoms with Crippen molar-refractivity contribution in [2.45, 2.75) is 19.9 Å². The molecule has 0 saturated carbocycles. The molecule has 104 valence electrons. The summed E-state index contributed by atoms with van der Waals surface area (Å²) in [5, 5.41) is 7.30. The van der Waals surface area contributed by atoms with Gasteiger partial charge in [-0.15, -0.1) is 0 Å². The predicted octanol–water partition coefficient (Wildman–Crippen LogP) is 0.189. The maximum atomic E-state index is 11.8.